The molecule has 33 heavy (non-hydrogen) atoms. The van der Waals surface area contributed by atoms with Crippen LogP contribution in [0.25, 0.3) is 0 Å². The van der Waals surface area contributed by atoms with Crippen LogP contribution in [0.2, 0.25) is 0 Å². The summed E-state index contributed by atoms with van der Waals surface area (Å²) in [6, 6.07) is 9.45. The molecule has 3 rings (SSSR count). The number of rotatable bonds is 7. The number of thioether (sulfide) groups is 1. The topological polar surface area (TPSA) is 111 Å². The van der Waals surface area contributed by atoms with Crippen LogP contribution in [0.4, 0.5) is 0 Å². The van der Waals surface area contributed by atoms with Crippen molar-refractivity contribution in [2.45, 2.75) is 77.5 Å². The van der Waals surface area contributed by atoms with E-state index >= 15 is 0 Å². The molecule has 0 spiro atoms. The Kier molecular flexibility index (Phi) is 21.8. The van der Waals surface area contributed by atoms with E-state index in [1.807, 2.05) is 49.9 Å². The van der Waals surface area contributed by atoms with Crippen molar-refractivity contribution in [2.24, 2.45) is 5.92 Å². The van der Waals surface area contributed by atoms with Gasteiger partial charge >= 0.3 is 5.97 Å². The number of pyridine rings is 1. The number of hydrogen-bond acceptors (Lipinski definition) is 5. The van der Waals surface area contributed by atoms with Crippen LogP contribution < -0.4 is 4.74 Å². The average molecular weight is 519 g/mol. The molecule has 1 heterocycles. The second-order valence-electron chi connectivity index (χ2n) is 7.41. The third-order valence-corrected chi connectivity index (χ3v) is 5.08. The van der Waals surface area contributed by atoms with E-state index in [1.54, 1.807) is 12.3 Å². The standard InChI is InChI=1S/C20H23NO3S.C3H8.C2H6.2H2O.V/c1-13(2)8-14-9-15(20(22)23-3)11-17(10-14)24-16-4-7-19(21-12-16)25-18-5-6-18;1-3-2;1-2;;;/h4,7,9-13,18H,5-6,8H2,1-3H3;3H2,1-2H3;1-2H3;2*1H2;. The van der Waals surface area contributed by atoms with Crippen molar-refractivity contribution >= 4 is 17.7 Å². The largest absolute Gasteiger partial charge is 0.465 e. The van der Waals surface area contributed by atoms with Gasteiger partial charge in [0.05, 0.1) is 23.9 Å². The number of carbonyl (C=O) groups excluding carboxylic acids is 1. The van der Waals surface area contributed by atoms with Crippen molar-refractivity contribution in [2.75, 3.05) is 7.11 Å². The fraction of sp³-hybridized carbons (Fsp3) is 0.520. The van der Waals surface area contributed by atoms with E-state index in [0.29, 0.717) is 23.0 Å². The number of carbonyl (C=O) groups is 1. The van der Waals surface area contributed by atoms with E-state index in [2.05, 4.69) is 32.7 Å². The molecule has 0 amide bonds. The number of nitrogens with zero attached hydrogens (tertiary/aromatic N) is 1. The number of hydrogen-bond donors (Lipinski definition) is 0. The van der Waals surface area contributed by atoms with Crippen LogP contribution in [0, 0.1) is 5.92 Å². The van der Waals surface area contributed by atoms with Gasteiger partial charge in [0.25, 0.3) is 0 Å². The first-order valence-electron chi connectivity index (χ1n) is 11.0. The molecule has 187 valence electrons. The van der Waals surface area contributed by atoms with E-state index < -0.39 is 0 Å². The van der Waals surface area contributed by atoms with E-state index in [-0.39, 0.29) is 35.5 Å². The Morgan fingerprint density at radius 2 is 1.70 bits per heavy atom. The molecule has 1 aromatic heterocycles. The fourth-order valence-electron chi connectivity index (χ4n) is 2.53. The smallest absolute Gasteiger partial charge is 0.337 e. The molecular weight excluding hydrogens is 477 g/mol. The van der Waals surface area contributed by atoms with Crippen molar-refractivity contribution in [3.63, 3.8) is 0 Å². The number of aromatic nitrogens is 1. The molecule has 1 aliphatic rings. The summed E-state index contributed by atoms with van der Waals surface area (Å²) in [6.45, 7) is 12.5. The molecule has 2 aromatic rings. The molecule has 0 unspecified atom stereocenters. The fourth-order valence-corrected chi connectivity index (χ4v) is 3.51. The quantitative estimate of drug-likeness (QED) is 0.423. The summed E-state index contributed by atoms with van der Waals surface area (Å²) in [7, 11) is 1.39. The van der Waals surface area contributed by atoms with Crippen LogP contribution in [-0.2, 0) is 29.7 Å². The third kappa shape index (κ3) is 14.4. The molecule has 1 aromatic carbocycles. The first-order valence-corrected chi connectivity index (χ1v) is 11.9. The molecule has 1 fully saturated rings. The number of benzene rings is 1. The Hall–Kier alpha value is -1.51. The summed E-state index contributed by atoms with van der Waals surface area (Å²) in [5.41, 5.74) is 1.56. The van der Waals surface area contributed by atoms with Gasteiger partial charge in [0.1, 0.15) is 11.5 Å². The molecule has 8 heteroatoms. The SMILES string of the molecule is CC.CCC.COC(=O)c1cc(CC(C)C)cc(Oc2ccc(SC3CC3)nc2)c1.O.O.[V]. The number of esters is 1. The van der Waals surface area contributed by atoms with Gasteiger partial charge in [-0.1, -0.05) is 48.0 Å². The first kappa shape index (κ1) is 36.1. The molecule has 1 saturated carbocycles. The maximum absolute atomic E-state index is 11.9. The van der Waals surface area contributed by atoms with Gasteiger partial charge in [-0.25, -0.2) is 9.78 Å². The maximum atomic E-state index is 11.9. The summed E-state index contributed by atoms with van der Waals surface area (Å²) in [5.74, 6) is 1.42. The summed E-state index contributed by atoms with van der Waals surface area (Å²) >= 11 is 1.82. The van der Waals surface area contributed by atoms with E-state index in [0.717, 1.165) is 22.3 Å². The zero-order valence-corrected chi connectivity index (χ0v) is 23.2. The summed E-state index contributed by atoms with van der Waals surface area (Å²) in [6.07, 6.45) is 6.42. The van der Waals surface area contributed by atoms with Crippen molar-refractivity contribution < 1.29 is 43.8 Å². The van der Waals surface area contributed by atoms with Crippen molar-refractivity contribution in [1.82, 2.24) is 4.98 Å². The van der Waals surface area contributed by atoms with Crippen LogP contribution in [0.1, 0.15) is 76.7 Å². The second kappa shape index (κ2) is 19.9. The van der Waals surface area contributed by atoms with Gasteiger partial charge in [-0.2, -0.15) is 0 Å². The van der Waals surface area contributed by atoms with Crippen molar-refractivity contribution in [3.8, 4) is 11.5 Å². The van der Waals surface area contributed by atoms with Crippen LogP contribution >= 0.6 is 11.8 Å². The van der Waals surface area contributed by atoms with Gasteiger partial charge < -0.3 is 20.4 Å². The van der Waals surface area contributed by atoms with Crippen LogP contribution in [-0.4, -0.2) is 34.3 Å². The zero-order valence-electron chi connectivity index (χ0n) is 21.0. The Balaban J connectivity index is -0.00000104. The van der Waals surface area contributed by atoms with E-state index in [4.69, 9.17) is 9.47 Å². The molecule has 1 aliphatic carbocycles. The van der Waals surface area contributed by atoms with Gasteiger partial charge in [-0.05, 0) is 61.1 Å². The predicted molar refractivity (Wildman–Crippen MR) is 134 cm³/mol. The Morgan fingerprint density at radius 1 is 1.09 bits per heavy atom. The molecule has 0 atom stereocenters. The van der Waals surface area contributed by atoms with Gasteiger partial charge in [0.2, 0.25) is 0 Å². The number of methoxy groups -OCH3 is 1. The van der Waals surface area contributed by atoms with Gasteiger partial charge in [0, 0.05) is 23.8 Å². The maximum Gasteiger partial charge on any atom is 0.337 e. The molecule has 0 aliphatic heterocycles. The third-order valence-electron chi connectivity index (χ3n) is 3.79. The molecule has 6 nitrogen and oxygen atoms in total. The number of ether oxygens (including phenoxy) is 2. The average Bonchev–Trinajstić information content (AvgIpc) is 3.54. The molecular formula is C25H41NO5SV. The molecule has 0 saturated heterocycles. The summed E-state index contributed by atoms with van der Waals surface area (Å²) < 4.78 is 10.8. The van der Waals surface area contributed by atoms with Crippen LogP contribution in [0.15, 0.2) is 41.6 Å². The van der Waals surface area contributed by atoms with E-state index in [1.165, 1.54) is 26.4 Å². The van der Waals surface area contributed by atoms with E-state index in [9.17, 15) is 4.79 Å². The predicted octanol–water partition coefficient (Wildman–Crippen LogP) is 5.90. The van der Waals surface area contributed by atoms with Gasteiger partial charge in [-0.3, -0.25) is 0 Å². The minimum Gasteiger partial charge on any atom is -0.465 e. The van der Waals surface area contributed by atoms with Crippen LogP contribution in [0.3, 0.4) is 0 Å². The van der Waals surface area contributed by atoms with Gasteiger partial charge in [0.15, 0.2) is 0 Å². The van der Waals surface area contributed by atoms with Crippen molar-refractivity contribution in [3.05, 3.63) is 47.7 Å². The molecule has 4 N–H and O–H groups in total. The summed E-state index contributed by atoms with van der Waals surface area (Å²) in [5, 5.41) is 1.76. The monoisotopic (exact) mass is 518 g/mol. The Bertz CT molecular complexity index is 768. The molecule has 0 bridgehead atoms. The van der Waals surface area contributed by atoms with Gasteiger partial charge in [-0.15, -0.1) is 11.8 Å². The van der Waals surface area contributed by atoms with Crippen molar-refractivity contribution in [1.29, 1.82) is 0 Å². The minimum absolute atomic E-state index is 0. The summed E-state index contributed by atoms with van der Waals surface area (Å²) in [4.78, 5) is 16.4. The second-order valence-corrected chi connectivity index (χ2v) is 8.73. The molecule has 1 radical (unpaired) electrons. The first-order chi connectivity index (χ1) is 14.4. The normalized spacial score (nSPS) is 11.2. The van der Waals surface area contributed by atoms with Crippen LogP contribution in [0.5, 0.6) is 11.5 Å². The zero-order chi connectivity index (χ0) is 22.5. The Labute approximate surface area is 215 Å². The Morgan fingerprint density at radius 3 is 2.15 bits per heavy atom. The minimum atomic E-state index is -0.357.